The topological polar surface area (TPSA) is 21.3 Å². The van der Waals surface area contributed by atoms with E-state index in [1.807, 2.05) is 0 Å². The molecule has 1 atom stereocenters. The summed E-state index contributed by atoms with van der Waals surface area (Å²) in [7, 11) is 0. The molecule has 20 heavy (non-hydrogen) atoms. The molecule has 1 aliphatic heterocycles. The highest BCUT2D eigenvalue weighted by molar-refractivity contribution is 5.46. The Morgan fingerprint density at radius 3 is 2.60 bits per heavy atom. The summed E-state index contributed by atoms with van der Waals surface area (Å²) in [5, 5.41) is 3.70. The maximum atomic E-state index is 5.79. The molecule has 2 heteroatoms. The Morgan fingerprint density at radius 2 is 2.00 bits per heavy atom. The van der Waals surface area contributed by atoms with Gasteiger partial charge in [0.2, 0.25) is 0 Å². The molecule has 0 fully saturated rings. The quantitative estimate of drug-likeness (QED) is 0.877. The first-order chi connectivity index (χ1) is 9.25. The summed E-state index contributed by atoms with van der Waals surface area (Å²) in [5.41, 5.74) is 3.05. The second-order valence-corrected chi connectivity index (χ2v) is 7.68. The first-order valence-corrected chi connectivity index (χ1v) is 7.76. The minimum Gasteiger partial charge on any atom is -0.492 e. The Bertz CT molecular complexity index is 471. The van der Waals surface area contributed by atoms with Crippen LogP contribution in [-0.4, -0.2) is 13.2 Å². The molecular formula is C18H29NO. The number of rotatable bonds is 4. The lowest BCUT2D eigenvalue weighted by Gasteiger charge is -2.33. The number of nitrogens with one attached hydrogen (secondary N) is 1. The van der Waals surface area contributed by atoms with Gasteiger partial charge in [-0.25, -0.2) is 0 Å². The van der Waals surface area contributed by atoms with Crippen molar-refractivity contribution in [3.05, 3.63) is 29.3 Å². The standard InChI is InChI=1S/C18H29NO/c1-7-10-19-16(17(2,3)4)13-8-9-15-14(11-13)18(5,6)12-20-15/h8-9,11,16,19H,7,10,12H2,1-6H3. The van der Waals surface area contributed by atoms with E-state index in [2.05, 4.69) is 65.1 Å². The minimum atomic E-state index is 0.124. The molecule has 1 heterocycles. The van der Waals surface area contributed by atoms with Crippen LogP contribution >= 0.6 is 0 Å². The van der Waals surface area contributed by atoms with E-state index in [4.69, 9.17) is 4.74 Å². The lowest BCUT2D eigenvalue weighted by atomic mass is 9.79. The van der Waals surface area contributed by atoms with Gasteiger partial charge in [-0.3, -0.25) is 0 Å². The van der Waals surface area contributed by atoms with E-state index in [0.29, 0.717) is 6.04 Å². The van der Waals surface area contributed by atoms with E-state index in [9.17, 15) is 0 Å². The zero-order chi connectivity index (χ0) is 15.0. The van der Waals surface area contributed by atoms with Crippen molar-refractivity contribution < 1.29 is 4.74 Å². The number of ether oxygens (including phenoxy) is 1. The van der Waals surface area contributed by atoms with Crippen molar-refractivity contribution in [1.82, 2.24) is 5.32 Å². The average molecular weight is 275 g/mol. The average Bonchev–Trinajstić information content (AvgIpc) is 2.64. The van der Waals surface area contributed by atoms with Gasteiger partial charge < -0.3 is 10.1 Å². The number of fused-ring (bicyclic) bond motifs is 1. The van der Waals surface area contributed by atoms with Gasteiger partial charge in [-0.15, -0.1) is 0 Å². The van der Waals surface area contributed by atoms with Gasteiger partial charge in [0, 0.05) is 17.0 Å². The predicted octanol–water partition coefficient (Wildman–Crippen LogP) is 4.44. The maximum absolute atomic E-state index is 5.79. The molecule has 0 bridgehead atoms. The van der Waals surface area contributed by atoms with Crippen molar-refractivity contribution in [3.8, 4) is 5.75 Å². The lowest BCUT2D eigenvalue weighted by molar-refractivity contribution is 0.273. The molecule has 0 aromatic heterocycles. The van der Waals surface area contributed by atoms with Crippen LogP contribution in [0.1, 0.15) is 65.1 Å². The third-order valence-corrected chi connectivity index (χ3v) is 4.12. The van der Waals surface area contributed by atoms with Crippen molar-refractivity contribution in [1.29, 1.82) is 0 Å². The molecule has 2 rings (SSSR count). The molecule has 1 aromatic carbocycles. The minimum absolute atomic E-state index is 0.124. The Balaban J connectivity index is 2.35. The van der Waals surface area contributed by atoms with Gasteiger partial charge in [0.05, 0.1) is 6.61 Å². The van der Waals surface area contributed by atoms with E-state index in [1.165, 1.54) is 11.1 Å². The second kappa shape index (κ2) is 5.40. The van der Waals surface area contributed by atoms with Crippen LogP contribution in [0.2, 0.25) is 0 Å². The van der Waals surface area contributed by atoms with Gasteiger partial charge in [-0.2, -0.15) is 0 Å². The Hall–Kier alpha value is -1.02. The van der Waals surface area contributed by atoms with Crippen LogP contribution in [0.25, 0.3) is 0 Å². The summed E-state index contributed by atoms with van der Waals surface area (Å²) in [6.45, 7) is 15.5. The van der Waals surface area contributed by atoms with Crippen LogP contribution in [-0.2, 0) is 5.41 Å². The molecule has 112 valence electrons. The maximum Gasteiger partial charge on any atom is 0.123 e. The summed E-state index contributed by atoms with van der Waals surface area (Å²) in [6.07, 6.45) is 1.16. The van der Waals surface area contributed by atoms with Gasteiger partial charge in [0.1, 0.15) is 5.75 Å². The van der Waals surface area contributed by atoms with E-state index in [0.717, 1.165) is 25.3 Å². The SMILES string of the molecule is CCCNC(c1ccc2c(c1)C(C)(C)CO2)C(C)(C)C. The van der Waals surface area contributed by atoms with E-state index >= 15 is 0 Å². The highest BCUT2D eigenvalue weighted by Crippen LogP contribution is 2.41. The highest BCUT2D eigenvalue weighted by atomic mass is 16.5. The zero-order valence-electron chi connectivity index (χ0n) is 13.8. The molecule has 2 nitrogen and oxygen atoms in total. The van der Waals surface area contributed by atoms with Crippen molar-refractivity contribution in [2.24, 2.45) is 5.41 Å². The molecule has 1 aliphatic rings. The summed E-state index contributed by atoms with van der Waals surface area (Å²) in [5.74, 6) is 1.06. The van der Waals surface area contributed by atoms with Crippen molar-refractivity contribution in [2.75, 3.05) is 13.2 Å². The third kappa shape index (κ3) is 3.01. The second-order valence-electron chi connectivity index (χ2n) is 7.68. The smallest absolute Gasteiger partial charge is 0.123 e. The molecule has 0 aliphatic carbocycles. The summed E-state index contributed by atoms with van der Waals surface area (Å²) in [4.78, 5) is 0. The molecular weight excluding hydrogens is 246 g/mol. The molecule has 0 saturated heterocycles. The van der Waals surface area contributed by atoms with Gasteiger partial charge in [-0.05, 0) is 36.1 Å². The van der Waals surface area contributed by atoms with Crippen LogP contribution in [0.4, 0.5) is 0 Å². The molecule has 1 aromatic rings. The number of benzene rings is 1. The van der Waals surface area contributed by atoms with Crippen molar-refractivity contribution >= 4 is 0 Å². The van der Waals surface area contributed by atoms with Crippen molar-refractivity contribution in [2.45, 2.75) is 59.4 Å². The van der Waals surface area contributed by atoms with Gasteiger partial charge in [0.25, 0.3) is 0 Å². The van der Waals surface area contributed by atoms with Gasteiger partial charge >= 0.3 is 0 Å². The molecule has 0 saturated carbocycles. The number of hydrogen-bond acceptors (Lipinski definition) is 2. The Labute approximate surface area is 123 Å². The fourth-order valence-electron chi connectivity index (χ4n) is 2.93. The van der Waals surface area contributed by atoms with Crippen LogP contribution < -0.4 is 10.1 Å². The van der Waals surface area contributed by atoms with Crippen LogP contribution in [0, 0.1) is 5.41 Å². The summed E-state index contributed by atoms with van der Waals surface area (Å²) < 4.78 is 5.79. The fraction of sp³-hybridized carbons (Fsp3) is 0.667. The van der Waals surface area contributed by atoms with Gasteiger partial charge in [-0.1, -0.05) is 47.6 Å². The highest BCUT2D eigenvalue weighted by Gasteiger charge is 2.34. The largest absolute Gasteiger partial charge is 0.492 e. The molecule has 1 unspecified atom stereocenters. The Morgan fingerprint density at radius 1 is 1.30 bits per heavy atom. The van der Waals surface area contributed by atoms with E-state index in [1.54, 1.807) is 0 Å². The fourth-order valence-corrected chi connectivity index (χ4v) is 2.93. The first-order valence-electron chi connectivity index (χ1n) is 7.76. The summed E-state index contributed by atoms with van der Waals surface area (Å²) in [6, 6.07) is 7.09. The van der Waals surface area contributed by atoms with E-state index in [-0.39, 0.29) is 10.8 Å². The molecule has 0 radical (unpaired) electrons. The Kier molecular flexibility index (Phi) is 4.15. The normalized spacial score (nSPS) is 18.5. The first kappa shape index (κ1) is 15.4. The molecule has 1 N–H and O–H groups in total. The molecule has 0 spiro atoms. The van der Waals surface area contributed by atoms with Crippen LogP contribution in [0.15, 0.2) is 18.2 Å². The van der Waals surface area contributed by atoms with Crippen LogP contribution in [0.3, 0.4) is 0 Å². The third-order valence-electron chi connectivity index (χ3n) is 4.12. The van der Waals surface area contributed by atoms with E-state index < -0.39 is 0 Å². The predicted molar refractivity (Wildman–Crippen MR) is 85.5 cm³/mol. The van der Waals surface area contributed by atoms with Crippen molar-refractivity contribution in [3.63, 3.8) is 0 Å². The zero-order valence-corrected chi connectivity index (χ0v) is 13.8. The molecule has 0 amide bonds. The van der Waals surface area contributed by atoms with Gasteiger partial charge in [0.15, 0.2) is 0 Å². The lowest BCUT2D eigenvalue weighted by Crippen LogP contribution is -2.33. The number of hydrogen-bond donors (Lipinski definition) is 1. The summed E-state index contributed by atoms with van der Waals surface area (Å²) >= 11 is 0. The van der Waals surface area contributed by atoms with Crippen LogP contribution in [0.5, 0.6) is 5.75 Å². The monoisotopic (exact) mass is 275 g/mol.